The summed E-state index contributed by atoms with van der Waals surface area (Å²) in [5, 5.41) is 4.69. The fourth-order valence-electron chi connectivity index (χ4n) is 2.43. The van der Waals surface area contributed by atoms with E-state index < -0.39 is 10.0 Å². The van der Waals surface area contributed by atoms with Crippen molar-refractivity contribution in [1.82, 2.24) is 14.8 Å². The van der Waals surface area contributed by atoms with Gasteiger partial charge in [0, 0.05) is 18.7 Å². The lowest BCUT2D eigenvalue weighted by atomic mass is 9.92. The van der Waals surface area contributed by atoms with Gasteiger partial charge in [0.25, 0.3) is 10.0 Å². The minimum Gasteiger partial charge on any atom is -0.274 e. The second-order valence-electron chi connectivity index (χ2n) is 6.86. The van der Waals surface area contributed by atoms with Crippen molar-refractivity contribution in [3.05, 3.63) is 35.7 Å². The predicted molar refractivity (Wildman–Crippen MR) is 97.1 cm³/mol. The maximum Gasteiger partial charge on any atom is 0.267 e. The molecule has 24 heavy (non-hydrogen) atoms. The van der Waals surface area contributed by atoms with Gasteiger partial charge in [-0.05, 0) is 24.6 Å². The van der Waals surface area contributed by atoms with Crippen molar-refractivity contribution in [3.63, 3.8) is 0 Å². The Hall–Kier alpha value is -1.93. The number of nitrogens with one attached hydrogen (secondary N) is 1. The molecule has 0 aliphatic heterocycles. The van der Waals surface area contributed by atoms with Crippen LogP contribution in [0.5, 0.6) is 0 Å². The molecule has 0 radical (unpaired) electrons. The highest BCUT2D eigenvalue weighted by atomic mass is 32.2. The molecule has 0 saturated heterocycles. The highest BCUT2D eigenvalue weighted by molar-refractivity contribution is 7.93. The van der Waals surface area contributed by atoms with E-state index in [0.29, 0.717) is 10.8 Å². The van der Waals surface area contributed by atoms with Crippen molar-refractivity contribution in [2.24, 2.45) is 7.05 Å². The first-order valence-electron chi connectivity index (χ1n) is 7.50. The third kappa shape index (κ3) is 3.16. The van der Waals surface area contributed by atoms with E-state index in [9.17, 15) is 8.42 Å². The monoisotopic (exact) mass is 364 g/mol. The van der Waals surface area contributed by atoms with Gasteiger partial charge in [-0.3, -0.25) is 9.40 Å². The van der Waals surface area contributed by atoms with Crippen LogP contribution in [0.4, 0.5) is 5.13 Å². The Morgan fingerprint density at radius 3 is 2.62 bits per heavy atom. The first-order chi connectivity index (χ1) is 11.1. The van der Waals surface area contributed by atoms with Gasteiger partial charge in [-0.2, -0.15) is 5.10 Å². The van der Waals surface area contributed by atoms with Crippen LogP contribution in [0.3, 0.4) is 0 Å². The predicted octanol–water partition coefficient (Wildman–Crippen LogP) is 3.44. The molecule has 0 atom stereocenters. The number of thiazole rings is 1. The fourth-order valence-corrected chi connectivity index (χ4v) is 5.02. The molecule has 0 spiro atoms. The zero-order chi connectivity index (χ0) is 17.7. The molecular formula is C16H20N4O2S2. The van der Waals surface area contributed by atoms with Crippen LogP contribution in [0.1, 0.15) is 32.0 Å². The summed E-state index contributed by atoms with van der Waals surface area (Å²) in [6.45, 7) is 7.81. The molecule has 1 N–H and O–H groups in total. The lowest BCUT2D eigenvalue weighted by Gasteiger charge is -2.17. The molecule has 1 aromatic carbocycles. The van der Waals surface area contributed by atoms with E-state index in [0.717, 1.165) is 15.8 Å². The number of benzene rings is 1. The molecule has 2 heterocycles. The topological polar surface area (TPSA) is 76.9 Å². The van der Waals surface area contributed by atoms with Crippen molar-refractivity contribution < 1.29 is 8.42 Å². The third-order valence-corrected chi connectivity index (χ3v) is 5.96. The third-order valence-electron chi connectivity index (χ3n) is 3.56. The molecule has 2 aromatic heterocycles. The van der Waals surface area contributed by atoms with Crippen LogP contribution in [0, 0.1) is 6.92 Å². The fraction of sp³-hybridized carbons (Fsp3) is 0.375. The van der Waals surface area contributed by atoms with Crippen LogP contribution in [0.15, 0.2) is 29.3 Å². The molecular weight excluding hydrogens is 344 g/mol. The lowest BCUT2D eigenvalue weighted by Crippen LogP contribution is -2.20. The van der Waals surface area contributed by atoms with Crippen molar-refractivity contribution in [2.45, 2.75) is 38.0 Å². The van der Waals surface area contributed by atoms with Crippen LogP contribution in [-0.4, -0.2) is 23.2 Å². The van der Waals surface area contributed by atoms with Gasteiger partial charge in [0.05, 0.1) is 15.9 Å². The summed E-state index contributed by atoms with van der Waals surface area (Å²) in [5.74, 6) is 0. The summed E-state index contributed by atoms with van der Waals surface area (Å²) < 4.78 is 30.7. The quantitative estimate of drug-likeness (QED) is 0.772. The van der Waals surface area contributed by atoms with Gasteiger partial charge in [0.1, 0.15) is 4.90 Å². The Morgan fingerprint density at radius 2 is 1.96 bits per heavy atom. The van der Waals surface area contributed by atoms with Gasteiger partial charge >= 0.3 is 0 Å². The molecule has 0 unspecified atom stereocenters. The molecule has 0 aliphatic carbocycles. The van der Waals surface area contributed by atoms with E-state index >= 15 is 0 Å². The average molecular weight is 364 g/mol. The number of nitrogens with zero attached hydrogens (tertiary/aromatic N) is 3. The summed E-state index contributed by atoms with van der Waals surface area (Å²) in [6, 6.07) is 5.85. The largest absolute Gasteiger partial charge is 0.274 e. The first-order valence-corrected chi connectivity index (χ1v) is 9.80. The number of aromatic nitrogens is 3. The molecule has 0 bridgehead atoms. The summed E-state index contributed by atoms with van der Waals surface area (Å²) in [7, 11) is -2.03. The van der Waals surface area contributed by atoms with Gasteiger partial charge in [-0.15, -0.1) is 0 Å². The van der Waals surface area contributed by atoms with Gasteiger partial charge in [-0.25, -0.2) is 13.4 Å². The highest BCUT2D eigenvalue weighted by Crippen LogP contribution is 2.31. The first kappa shape index (κ1) is 16.9. The number of hydrogen-bond acceptors (Lipinski definition) is 5. The molecule has 0 fully saturated rings. The second kappa shape index (κ2) is 5.56. The molecule has 8 heteroatoms. The zero-order valence-corrected chi connectivity index (χ0v) is 15.9. The molecule has 0 aliphatic rings. The summed E-state index contributed by atoms with van der Waals surface area (Å²) in [6.07, 6.45) is 1.53. The molecule has 128 valence electrons. The van der Waals surface area contributed by atoms with E-state index in [1.165, 1.54) is 22.2 Å². The smallest absolute Gasteiger partial charge is 0.267 e. The lowest BCUT2D eigenvalue weighted by molar-refractivity contribution is 0.539. The zero-order valence-electron chi connectivity index (χ0n) is 14.3. The van der Waals surface area contributed by atoms with Crippen molar-refractivity contribution in [2.75, 3.05) is 4.72 Å². The number of rotatable bonds is 3. The Kier molecular flexibility index (Phi) is 3.92. The maximum absolute atomic E-state index is 12.8. The van der Waals surface area contributed by atoms with Crippen LogP contribution in [0.25, 0.3) is 10.2 Å². The molecule has 6 nitrogen and oxygen atoms in total. The number of anilines is 1. The average Bonchev–Trinajstić information content (AvgIpc) is 3.00. The van der Waals surface area contributed by atoms with Crippen molar-refractivity contribution >= 4 is 36.7 Å². The van der Waals surface area contributed by atoms with Gasteiger partial charge in [0.15, 0.2) is 5.13 Å². The number of hydrogen-bond donors (Lipinski definition) is 1. The summed E-state index contributed by atoms with van der Waals surface area (Å²) >= 11 is 1.32. The Balaban J connectivity index is 2.02. The molecule has 3 aromatic rings. The summed E-state index contributed by atoms with van der Waals surface area (Å²) in [5.41, 5.74) is 2.05. The van der Waals surface area contributed by atoms with Crippen LogP contribution in [0.2, 0.25) is 0 Å². The van der Waals surface area contributed by atoms with Gasteiger partial charge in [-0.1, -0.05) is 38.2 Å². The molecule has 0 amide bonds. The van der Waals surface area contributed by atoms with E-state index in [4.69, 9.17) is 0 Å². The van der Waals surface area contributed by atoms with E-state index in [1.54, 1.807) is 7.05 Å². The van der Waals surface area contributed by atoms with Gasteiger partial charge in [0.2, 0.25) is 0 Å². The van der Waals surface area contributed by atoms with E-state index in [1.807, 2.05) is 45.9 Å². The normalized spacial score (nSPS) is 12.7. The SMILES string of the molecule is Cc1ccc2nc(NS(=O)(=O)c3cn(C)nc3C(C)(C)C)sc2c1. The number of fused-ring (bicyclic) bond motifs is 1. The minimum atomic E-state index is -3.75. The number of sulfonamides is 1. The van der Waals surface area contributed by atoms with E-state index in [2.05, 4.69) is 14.8 Å². The van der Waals surface area contributed by atoms with Gasteiger partial charge < -0.3 is 0 Å². The summed E-state index contributed by atoms with van der Waals surface area (Å²) in [4.78, 5) is 4.55. The standard InChI is InChI=1S/C16H20N4O2S2/c1-10-6-7-11-12(8-10)23-15(17-11)19-24(21,22)13-9-20(5)18-14(13)16(2,3)4/h6-9H,1-5H3,(H,17,19). The number of aryl methyl sites for hydroxylation is 2. The minimum absolute atomic E-state index is 0.188. The Labute approximate surface area is 145 Å². The molecule has 0 saturated carbocycles. The van der Waals surface area contributed by atoms with Crippen molar-refractivity contribution in [1.29, 1.82) is 0 Å². The van der Waals surface area contributed by atoms with E-state index in [-0.39, 0.29) is 10.3 Å². The Bertz CT molecular complexity index is 1010. The van der Waals surface area contributed by atoms with Crippen LogP contribution >= 0.6 is 11.3 Å². The van der Waals surface area contributed by atoms with Crippen molar-refractivity contribution in [3.8, 4) is 0 Å². The highest BCUT2D eigenvalue weighted by Gasteiger charge is 2.30. The molecule has 3 rings (SSSR count). The van der Waals surface area contributed by atoms with Crippen LogP contribution in [-0.2, 0) is 22.5 Å². The Morgan fingerprint density at radius 1 is 1.25 bits per heavy atom. The second-order valence-corrected chi connectivity index (χ2v) is 9.54. The van der Waals surface area contributed by atoms with Crippen LogP contribution < -0.4 is 4.72 Å². The maximum atomic E-state index is 12.8.